The molecule has 28 heavy (non-hydrogen) atoms. The third-order valence-corrected chi connectivity index (χ3v) is 4.64. The molecule has 0 saturated carbocycles. The molecule has 0 bridgehead atoms. The molecule has 0 fully saturated rings. The van der Waals surface area contributed by atoms with E-state index in [1.54, 1.807) is 6.92 Å². The second kappa shape index (κ2) is 10.6. The molecule has 1 atom stereocenters. The van der Waals surface area contributed by atoms with Gasteiger partial charge in [-0.15, -0.1) is 0 Å². The lowest BCUT2D eigenvalue weighted by molar-refractivity contribution is -0.123. The number of rotatable bonds is 10. The first-order chi connectivity index (χ1) is 13.3. The van der Waals surface area contributed by atoms with Gasteiger partial charge in [-0.25, -0.2) is 0 Å². The maximum Gasteiger partial charge on any atom is 0.258 e. The highest BCUT2D eigenvalue weighted by Crippen LogP contribution is 2.18. The average molecular weight is 383 g/mol. The van der Waals surface area contributed by atoms with Crippen LogP contribution in [0.3, 0.4) is 0 Å². The number of amides is 1. The van der Waals surface area contributed by atoms with Crippen LogP contribution in [0.2, 0.25) is 0 Å². The maximum absolute atomic E-state index is 12.2. The van der Waals surface area contributed by atoms with Crippen LogP contribution in [0, 0.1) is 6.92 Å². The van der Waals surface area contributed by atoms with E-state index in [0.29, 0.717) is 18.7 Å². The standard InChI is InChI=1S/C23H30N2O3/c1-17-5-11-20(12-6-17)22(25(3)4)15-24-23(27)16-28-21-13-9-19(10-14-21)8-7-18(2)26/h5-6,9-14,22H,7-8,15-16H2,1-4H3,(H,24,27). The third kappa shape index (κ3) is 7.16. The number of hydrogen-bond donors (Lipinski definition) is 1. The molecular formula is C23H30N2O3. The molecule has 1 amide bonds. The van der Waals surface area contributed by atoms with Crippen LogP contribution in [-0.4, -0.2) is 43.8 Å². The highest BCUT2D eigenvalue weighted by atomic mass is 16.5. The lowest BCUT2D eigenvalue weighted by Crippen LogP contribution is -2.36. The fraction of sp³-hybridized carbons (Fsp3) is 0.391. The van der Waals surface area contributed by atoms with Gasteiger partial charge in [0.25, 0.3) is 5.91 Å². The van der Waals surface area contributed by atoms with Crippen molar-refractivity contribution in [2.45, 2.75) is 32.7 Å². The Balaban J connectivity index is 1.81. The second-order valence-electron chi connectivity index (χ2n) is 7.33. The van der Waals surface area contributed by atoms with Crippen LogP contribution in [0.25, 0.3) is 0 Å². The summed E-state index contributed by atoms with van der Waals surface area (Å²) in [5, 5.41) is 2.95. The van der Waals surface area contributed by atoms with Gasteiger partial charge >= 0.3 is 0 Å². The minimum atomic E-state index is -0.153. The molecule has 0 aliphatic rings. The van der Waals surface area contributed by atoms with E-state index < -0.39 is 0 Å². The van der Waals surface area contributed by atoms with Gasteiger partial charge in [0.15, 0.2) is 6.61 Å². The zero-order valence-electron chi connectivity index (χ0n) is 17.2. The van der Waals surface area contributed by atoms with Gasteiger partial charge in [-0.1, -0.05) is 42.0 Å². The SMILES string of the molecule is CC(=O)CCc1ccc(OCC(=O)NCC(c2ccc(C)cc2)N(C)C)cc1. The van der Waals surface area contributed by atoms with Gasteiger partial charge in [0.1, 0.15) is 11.5 Å². The number of likely N-dealkylation sites (N-methyl/N-ethyl adjacent to an activating group) is 1. The molecule has 150 valence electrons. The molecule has 2 aromatic rings. The molecule has 5 nitrogen and oxygen atoms in total. The summed E-state index contributed by atoms with van der Waals surface area (Å²) in [6.45, 7) is 4.14. The van der Waals surface area contributed by atoms with Crippen LogP contribution in [-0.2, 0) is 16.0 Å². The van der Waals surface area contributed by atoms with Crippen LogP contribution in [0.15, 0.2) is 48.5 Å². The van der Waals surface area contributed by atoms with E-state index in [1.807, 2.05) is 38.4 Å². The Morgan fingerprint density at radius 2 is 1.68 bits per heavy atom. The first kappa shape index (κ1) is 21.6. The Morgan fingerprint density at radius 3 is 2.25 bits per heavy atom. The van der Waals surface area contributed by atoms with Crippen molar-refractivity contribution in [1.29, 1.82) is 0 Å². The van der Waals surface area contributed by atoms with Crippen molar-refractivity contribution in [2.24, 2.45) is 0 Å². The van der Waals surface area contributed by atoms with Gasteiger partial charge in [0.05, 0.1) is 6.04 Å². The fourth-order valence-electron chi connectivity index (χ4n) is 2.87. The molecule has 0 radical (unpaired) electrons. The van der Waals surface area contributed by atoms with E-state index in [0.717, 1.165) is 17.5 Å². The summed E-state index contributed by atoms with van der Waals surface area (Å²) in [5.74, 6) is 0.669. The van der Waals surface area contributed by atoms with Gasteiger partial charge in [-0.2, -0.15) is 0 Å². The molecule has 0 aliphatic heterocycles. The molecule has 0 saturated heterocycles. The number of ketones is 1. The molecule has 0 spiro atoms. The largest absolute Gasteiger partial charge is 0.484 e. The number of hydrogen-bond acceptors (Lipinski definition) is 4. The summed E-state index contributed by atoms with van der Waals surface area (Å²) in [6, 6.07) is 16.0. The summed E-state index contributed by atoms with van der Waals surface area (Å²) < 4.78 is 5.57. The smallest absolute Gasteiger partial charge is 0.258 e. The van der Waals surface area contributed by atoms with Crippen molar-refractivity contribution in [3.05, 3.63) is 65.2 Å². The predicted molar refractivity (Wildman–Crippen MR) is 112 cm³/mol. The Labute approximate surface area is 167 Å². The van der Waals surface area contributed by atoms with Gasteiger partial charge < -0.3 is 19.7 Å². The zero-order chi connectivity index (χ0) is 20.5. The van der Waals surface area contributed by atoms with Gasteiger partial charge in [0, 0.05) is 13.0 Å². The Morgan fingerprint density at radius 1 is 1.04 bits per heavy atom. The van der Waals surface area contributed by atoms with E-state index in [4.69, 9.17) is 4.74 Å². The van der Waals surface area contributed by atoms with Crippen LogP contribution in [0.4, 0.5) is 0 Å². The van der Waals surface area contributed by atoms with Crippen molar-refractivity contribution in [3.63, 3.8) is 0 Å². The van der Waals surface area contributed by atoms with Crippen molar-refractivity contribution < 1.29 is 14.3 Å². The van der Waals surface area contributed by atoms with Gasteiger partial charge in [0.2, 0.25) is 0 Å². The quantitative estimate of drug-likeness (QED) is 0.685. The number of nitrogens with zero attached hydrogens (tertiary/aromatic N) is 1. The topological polar surface area (TPSA) is 58.6 Å². The number of carbonyl (C=O) groups is 2. The summed E-state index contributed by atoms with van der Waals surface area (Å²) >= 11 is 0. The number of carbonyl (C=O) groups excluding carboxylic acids is 2. The van der Waals surface area contributed by atoms with Crippen LogP contribution >= 0.6 is 0 Å². The lowest BCUT2D eigenvalue weighted by atomic mass is 10.0. The maximum atomic E-state index is 12.2. The number of aryl methyl sites for hydroxylation is 2. The van der Waals surface area contributed by atoms with E-state index in [2.05, 4.69) is 41.4 Å². The number of Topliss-reactive ketones (excluding diaryl/α,β-unsaturated/α-hetero) is 1. The molecule has 0 aromatic heterocycles. The molecule has 1 N–H and O–H groups in total. The molecule has 0 heterocycles. The minimum Gasteiger partial charge on any atom is -0.484 e. The molecule has 2 aromatic carbocycles. The predicted octanol–water partition coefficient (Wildman–Crippen LogP) is 3.31. The van der Waals surface area contributed by atoms with Gasteiger partial charge in [-0.3, -0.25) is 4.79 Å². The summed E-state index contributed by atoms with van der Waals surface area (Å²) in [7, 11) is 4.00. The first-order valence-electron chi connectivity index (χ1n) is 9.56. The number of ether oxygens (including phenoxy) is 1. The fourth-order valence-corrected chi connectivity index (χ4v) is 2.87. The van der Waals surface area contributed by atoms with Crippen molar-refractivity contribution in [3.8, 4) is 5.75 Å². The number of benzene rings is 2. The normalized spacial score (nSPS) is 11.9. The molecule has 5 heteroatoms. The van der Waals surface area contributed by atoms with E-state index in [-0.39, 0.29) is 24.3 Å². The zero-order valence-corrected chi connectivity index (χ0v) is 17.2. The minimum absolute atomic E-state index is 0.0269. The molecular weight excluding hydrogens is 352 g/mol. The molecule has 1 unspecified atom stereocenters. The molecule has 2 rings (SSSR count). The van der Waals surface area contributed by atoms with Crippen molar-refractivity contribution >= 4 is 11.7 Å². The average Bonchev–Trinajstić information content (AvgIpc) is 2.66. The number of nitrogens with one attached hydrogen (secondary N) is 1. The van der Waals surface area contributed by atoms with Crippen LogP contribution in [0.5, 0.6) is 5.75 Å². The van der Waals surface area contributed by atoms with E-state index in [1.165, 1.54) is 5.56 Å². The Hall–Kier alpha value is -2.66. The van der Waals surface area contributed by atoms with E-state index >= 15 is 0 Å². The molecule has 0 aliphatic carbocycles. The summed E-state index contributed by atoms with van der Waals surface area (Å²) in [5.41, 5.74) is 3.46. The first-order valence-corrected chi connectivity index (χ1v) is 9.56. The Bertz CT molecular complexity index is 767. The summed E-state index contributed by atoms with van der Waals surface area (Å²) in [6.07, 6.45) is 1.26. The van der Waals surface area contributed by atoms with Crippen molar-refractivity contribution in [1.82, 2.24) is 10.2 Å². The Kier molecular flexibility index (Phi) is 8.20. The van der Waals surface area contributed by atoms with Crippen LogP contribution in [0.1, 0.15) is 36.1 Å². The van der Waals surface area contributed by atoms with E-state index in [9.17, 15) is 9.59 Å². The second-order valence-corrected chi connectivity index (χ2v) is 7.33. The highest BCUT2D eigenvalue weighted by molar-refractivity contribution is 5.77. The lowest BCUT2D eigenvalue weighted by Gasteiger charge is -2.25. The third-order valence-electron chi connectivity index (χ3n) is 4.64. The van der Waals surface area contributed by atoms with Gasteiger partial charge in [-0.05, 0) is 57.6 Å². The summed E-state index contributed by atoms with van der Waals surface area (Å²) in [4.78, 5) is 25.3. The van der Waals surface area contributed by atoms with Crippen molar-refractivity contribution in [2.75, 3.05) is 27.2 Å². The monoisotopic (exact) mass is 382 g/mol. The highest BCUT2D eigenvalue weighted by Gasteiger charge is 2.15. The van der Waals surface area contributed by atoms with Crippen LogP contribution < -0.4 is 10.1 Å².